The third-order valence-electron chi connectivity index (χ3n) is 4.66. The second-order valence-electron chi connectivity index (χ2n) is 6.93. The van der Waals surface area contributed by atoms with E-state index in [0.29, 0.717) is 12.8 Å². The maximum absolute atomic E-state index is 12.5. The van der Waals surface area contributed by atoms with Gasteiger partial charge in [-0.05, 0) is 37.0 Å². The van der Waals surface area contributed by atoms with Gasteiger partial charge >= 0.3 is 13.8 Å². The van der Waals surface area contributed by atoms with E-state index in [0.717, 1.165) is 21.5 Å². The van der Waals surface area contributed by atoms with E-state index in [9.17, 15) is 19.6 Å². The Morgan fingerprint density at radius 2 is 1.76 bits per heavy atom. The summed E-state index contributed by atoms with van der Waals surface area (Å²) in [6.45, 7) is 0. The van der Waals surface area contributed by atoms with E-state index in [-0.39, 0.29) is 18.1 Å². The Bertz CT molecular complexity index is 998. The lowest BCUT2D eigenvalue weighted by Gasteiger charge is -2.18. The van der Waals surface area contributed by atoms with Crippen LogP contribution < -0.4 is 0 Å². The van der Waals surface area contributed by atoms with Crippen molar-refractivity contribution in [3.63, 3.8) is 0 Å². The molecule has 3 rings (SSSR count). The molecule has 5 nitrogen and oxygen atoms in total. The Morgan fingerprint density at radius 3 is 2.52 bits per heavy atom. The molecule has 2 unspecified atom stereocenters. The van der Waals surface area contributed by atoms with E-state index in [1.165, 1.54) is 11.8 Å². The van der Waals surface area contributed by atoms with E-state index in [4.69, 9.17) is 0 Å². The zero-order valence-corrected chi connectivity index (χ0v) is 17.6. The van der Waals surface area contributed by atoms with Crippen molar-refractivity contribution < 1.29 is 19.6 Å². The fourth-order valence-electron chi connectivity index (χ4n) is 3.09. The number of rotatable bonds is 10. The van der Waals surface area contributed by atoms with Crippen LogP contribution in [0, 0.1) is 0 Å². The summed E-state index contributed by atoms with van der Waals surface area (Å²) < 4.78 is 12.5. The Balaban J connectivity index is 1.54. The summed E-state index contributed by atoms with van der Waals surface area (Å²) in [6.07, 6.45) is 0.989. The highest BCUT2D eigenvalue weighted by atomic mass is 32.2. The molecule has 0 amide bonds. The molecule has 0 aliphatic carbocycles. The molecule has 0 saturated heterocycles. The van der Waals surface area contributed by atoms with Crippen LogP contribution in [0.3, 0.4) is 0 Å². The third kappa shape index (κ3) is 6.10. The van der Waals surface area contributed by atoms with Crippen LogP contribution in [0.5, 0.6) is 0 Å². The average molecular weight is 428 g/mol. The molecule has 2 N–H and O–H groups in total. The molecule has 7 heteroatoms. The van der Waals surface area contributed by atoms with Gasteiger partial charge in [0.25, 0.3) is 0 Å². The van der Waals surface area contributed by atoms with Gasteiger partial charge in [-0.25, -0.2) is 9.78 Å². The number of carboxylic acid groups (broad SMARTS) is 1. The number of aromatic nitrogens is 1. The first-order chi connectivity index (χ1) is 14.0. The van der Waals surface area contributed by atoms with Crippen LogP contribution in [0.4, 0.5) is 0 Å². The molecule has 0 aliphatic rings. The number of hydrogen-bond acceptors (Lipinski definition) is 5. The molecule has 1 aromatic heterocycles. The zero-order chi connectivity index (χ0) is 20.7. The lowest BCUT2D eigenvalue weighted by Crippen LogP contribution is -2.41. The minimum Gasteiger partial charge on any atom is -0.479 e. The number of nitrogens with zero attached hydrogens (tertiary/aromatic N) is 1. The van der Waals surface area contributed by atoms with E-state index in [2.05, 4.69) is 4.98 Å². The summed E-state index contributed by atoms with van der Waals surface area (Å²) in [7, 11) is -1.90. The SMILES string of the molecule is O=C(O)C(O)(CCCc1ccccc1)C[P+](=O)CSc1ccc2ccccc2n1. The van der Waals surface area contributed by atoms with Crippen LogP contribution in [0.2, 0.25) is 0 Å². The highest BCUT2D eigenvalue weighted by Gasteiger charge is 2.43. The lowest BCUT2D eigenvalue weighted by atomic mass is 9.97. The summed E-state index contributed by atoms with van der Waals surface area (Å²) in [4.78, 5) is 16.1. The molecule has 2 aromatic carbocycles. The first kappa shape index (κ1) is 21.4. The van der Waals surface area contributed by atoms with Crippen molar-refractivity contribution in [1.29, 1.82) is 0 Å². The molecule has 3 aromatic rings. The van der Waals surface area contributed by atoms with E-state index >= 15 is 0 Å². The summed E-state index contributed by atoms with van der Waals surface area (Å²) in [6, 6.07) is 21.3. The average Bonchev–Trinajstić information content (AvgIpc) is 2.73. The summed E-state index contributed by atoms with van der Waals surface area (Å²) in [5.74, 6) is -1.32. The zero-order valence-electron chi connectivity index (χ0n) is 15.9. The molecule has 0 aliphatic heterocycles. The van der Waals surface area contributed by atoms with Crippen molar-refractivity contribution in [2.75, 3.05) is 11.7 Å². The second kappa shape index (κ2) is 9.97. The fraction of sp³-hybridized carbons (Fsp3) is 0.273. The molecule has 0 spiro atoms. The van der Waals surface area contributed by atoms with Gasteiger partial charge in [-0.1, -0.05) is 70.9 Å². The molecule has 150 valence electrons. The number of para-hydroxylation sites is 1. The normalized spacial score (nSPS) is 13.8. The van der Waals surface area contributed by atoms with Gasteiger partial charge in [0, 0.05) is 5.39 Å². The van der Waals surface area contributed by atoms with Crippen molar-refractivity contribution in [3.8, 4) is 0 Å². The molecule has 0 radical (unpaired) electrons. The van der Waals surface area contributed by atoms with Crippen molar-refractivity contribution >= 4 is 36.4 Å². The van der Waals surface area contributed by atoms with Crippen molar-refractivity contribution in [3.05, 3.63) is 72.3 Å². The lowest BCUT2D eigenvalue weighted by molar-refractivity contribution is -0.156. The minimum atomic E-state index is -1.97. The van der Waals surface area contributed by atoms with Gasteiger partial charge in [0.1, 0.15) is 5.03 Å². The maximum atomic E-state index is 12.5. The molecule has 0 fully saturated rings. The molecular weight excluding hydrogens is 405 g/mol. The van der Waals surface area contributed by atoms with Crippen LogP contribution in [-0.4, -0.2) is 38.4 Å². The molecule has 29 heavy (non-hydrogen) atoms. The largest absolute Gasteiger partial charge is 0.479 e. The number of pyridine rings is 1. The Hall–Kier alpha value is -2.27. The van der Waals surface area contributed by atoms with E-state index < -0.39 is 19.4 Å². The van der Waals surface area contributed by atoms with Crippen LogP contribution in [0.1, 0.15) is 18.4 Å². The first-order valence-corrected chi connectivity index (χ1v) is 12.0. The van der Waals surface area contributed by atoms with E-state index in [1.54, 1.807) is 0 Å². The Labute approximate surface area is 175 Å². The van der Waals surface area contributed by atoms with Crippen LogP contribution in [-0.2, 0) is 15.8 Å². The minimum absolute atomic E-state index is 0.0667. The second-order valence-corrected chi connectivity index (χ2v) is 9.95. The van der Waals surface area contributed by atoms with Gasteiger partial charge in [0.15, 0.2) is 11.7 Å². The van der Waals surface area contributed by atoms with Gasteiger partial charge in [0.05, 0.1) is 5.52 Å². The topological polar surface area (TPSA) is 87.5 Å². The number of aliphatic hydroxyl groups is 1. The molecule has 2 atom stereocenters. The number of benzene rings is 2. The van der Waals surface area contributed by atoms with Gasteiger partial charge < -0.3 is 10.2 Å². The Morgan fingerprint density at radius 1 is 1.03 bits per heavy atom. The van der Waals surface area contributed by atoms with Gasteiger partial charge in [0.2, 0.25) is 5.60 Å². The standard InChI is InChI=1S/C22H22NO4PS/c24-21(25)22(26,14-6-9-17-7-2-1-3-8-17)15-28(27)16-29-20-13-12-18-10-4-5-11-19(18)23-20/h1-5,7-8,10-13,26H,6,9,14-16H2/p+1. The molecule has 1 heterocycles. The van der Waals surface area contributed by atoms with Crippen LogP contribution in [0.15, 0.2) is 71.8 Å². The number of carboxylic acids is 1. The highest BCUT2D eigenvalue weighted by molar-refractivity contribution is 8.03. The van der Waals surface area contributed by atoms with Crippen LogP contribution in [0.25, 0.3) is 10.9 Å². The summed E-state index contributed by atoms with van der Waals surface area (Å²) >= 11 is 1.32. The predicted octanol–water partition coefficient (Wildman–Crippen LogP) is 4.95. The quantitative estimate of drug-likeness (QED) is 0.351. The van der Waals surface area contributed by atoms with Crippen LogP contribution >= 0.6 is 19.6 Å². The van der Waals surface area contributed by atoms with Crippen molar-refractivity contribution in [2.24, 2.45) is 0 Å². The monoisotopic (exact) mass is 428 g/mol. The Kier molecular flexibility index (Phi) is 7.37. The fourth-order valence-corrected chi connectivity index (χ4v) is 5.76. The number of aliphatic carboxylic acids is 1. The van der Waals surface area contributed by atoms with Gasteiger partial charge in [-0.2, -0.15) is 0 Å². The van der Waals surface area contributed by atoms with Crippen molar-refractivity contribution in [2.45, 2.75) is 29.9 Å². The smallest absolute Gasteiger partial charge is 0.353 e. The number of aryl methyl sites for hydroxylation is 1. The van der Waals surface area contributed by atoms with Gasteiger partial charge in [-0.15, -0.1) is 0 Å². The molecule has 0 bridgehead atoms. The predicted molar refractivity (Wildman–Crippen MR) is 117 cm³/mol. The number of fused-ring (bicyclic) bond motifs is 1. The van der Waals surface area contributed by atoms with E-state index in [1.807, 2.05) is 66.7 Å². The number of hydrogen-bond donors (Lipinski definition) is 2. The molecule has 0 saturated carbocycles. The molecular formula is C22H23NO4PS+. The highest BCUT2D eigenvalue weighted by Crippen LogP contribution is 2.36. The van der Waals surface area contributed by atoms with Gasteiger partial charge in [-0.3, -0.25) is 0 Å². The number of thioether (sulfide) groups is 1. The number of carbonyl (C=O) groups is 1. The maximum Gasteiger partial charge on any atom is 0.353 e. The summed E-state index contributed by atoms with van der Waals surface area (Å²) in [5.41, 5.74) is 0.187. The third-order valence-corrected chi connectivity index (χ3v) is 7.73. The summed E-state index contributed by atoms with van der Waals surface area (Å²) in [5, 5.41) is 21.8. The van der Waals surface area contributed by atoms with Crippen molar-refractivity contribution in [1.82, 2.24) is 4.98 Å². The first-order valence-electron chi connectivity index (χ1n) is 9.37.